The van der Waals surface area contributed by atoms with Gasteiger partial charge in [-0.3, -0.25) is 19.3 Å². The second-order valence-electron chi connectivity index (χ2n) is 8.17. The number of rotatable bonds is 9. The number of methoxy groups -OCH3 is 1. The van der Waals surface area contributed by atoms with Gasteiger partial charge in [0.15, 0.2) is 5.69 Å². The van der Waals surface area contributed by atoms with Crippen molar-refractivity contribution in [1.29, 1.82) is 0 Å². The van der Waals surface area contributed by atoms with Crippen molar-refractivity contribution in [2.45, 2.75) is 12.6 Å². The van der Waals surface area contributed by atoms with Crippen LogP contribution in [-0.2, 0) is 11.3 Å². The third kappa shape index (κ3) is 5.62. The number of nitrogens with one attached hydrogen (secondary N) is 1. The predicted octanol–water partition coefficient (Wildman–Crippen LogP) is 3.68. The van der Waals surface area contributed by atoms with Crippen molar-refractivity contribution in [2.75, 3.05) is 17.7 Å². The highest BCUT2D eigenvalue weighted by atomic mass is 32.1. The first kappa shape index (κ1) is 26.3. The van der Waals surface area contributed by atoms with E-state index in [9.17, 15) is 18.8 Å². The normalized spacial score (nSPS) is 11.4. The standard InChI is InChI=1S/C27H24FN5O4S/c1-37-20-12-10-17(11-13-20)23(26(35)31-15-16-6-3-2-4-7-16)33(19-9-5-8-18(28)14-19)27(36)24-21(29)22(25(30)34)32-38-24/h2-14,23H,15,29H2,1H3,(H2,30,34)(H,31,35)/t23-/m0/s1. The molecule has 38 heavy (non-hydrogen) atoms. The van der Waals surface area contributed by atoms with Gasteiger partial charge >= 0.3 is 0 Å². The third-order valence-corrected chi connectivity index (χ3v) is 6.56. The van der Waals surface area contributed by atoms with Crippen LogP contribution in [0.15, 0.2) is 78.9 Å². The average molecular weight is 534 g/mol. The fourth-order valence-electron chi connectivity index (χ4n) is 3.83. The van der Waals surface area contributed by atoms with Gasteiger partial charge in [-0.2, -0.15) is 4.37 Å². The number of anilines is 2. The van der Waals surface area contributed by atoms with Crippen molar-refractivity contribution in [3.63, 3.8) is 0 Å². The summed E-state index contributed by atoms with van der Waals surface area (Å²) in [6.45, 7) is 0.187. The molecule has 5 N–H and O–H groups in total. The second kappa shape index (κ2) is 11.5. The maximum Gasteiger partial charge on any atom is 0.273 e. The summed E-state index contributed by atoms with van der Waals surface area (Å²) in [7, 11) is 1.50. The molecule has 9 nitrogen and oxygen atoms in total. The first-order valence-corrected chi connectivity index (χ1v) is 12.2. The number of hydrogen-bond acceptors (Lipinski definition) is 7. The number of primary amides is 1. The molecule has 0 spiro atoms. The van der Waals surface area contributed by atoms with Crippen molar-refractivity contribution < 1.29 is 23.5 Å². The van der Waals surface area contributed by atoms with Gasteiger partial charge in [-0.15, -0.1) is 0 Å². The highest BCUT2D eigenvalue weighted by Gasteiger charge is 2.36. The highest BCUT2D eigenvalue weighted by molar-refractivity contribution is 7.09. The summed E-state index contributed by atoms with van der Waals surface area (Å²) in [5.74, 6) is -2.27. The Balaban J connectivity index is 1.83. The van der Waals surface area contributed by atoms with Gasteiger partial charge in [-0.1, -0.05) is 48.5 Å². The molecule has 0 unspecified atom stereocenters. The van der Waals surface area contributed by atoms with Gasteiger partial charge in [0.25, 0.3) is 11.8 Å². The van der Waals surface area contributed by atoms with Gasteiger partial charge in [-0.25, -0.2) is 4.39 Å². The molecule has 11 heteroatoms. The summed E-state index contributed by atoms with van der Waals surface area (Å²) in [6.07, 6.45) is 0. The smallest absolute Gasteiger partial charge is 0.273 e. The van der Waals surface area contributed by atoms with Crippen LogP contribution in [0.1, 0.15) is 37.3 Å². The maximum atomic E-state index is 14.4. The zero-order valence-electron chi connectivity index (χ0n) is 20.3. The molecule has 0 aliphatic heterocycles. The quantitative estimate of drug-likeness (QED) is 0.300. The van der Waals surface area contributed by atoms with Gasteiger partial charge in [0, 0.05) is 12.2 Å². The van der Waals surface area contributed by atoms with Gasteiger partial charge in [-0.05, 0) is 53.0 Å². The number of nitrogens with zero attached hydrogens (tertiary/aromatic N) is 2. The fourth-order valence-corrected chi connectivity index (χ4v) is 4.58. The Kier molecular flexibility index (Phi) is 7.97. The number of carbonyl (C=O) groups is 3. The zero-order valence-corrected chi connectivity index (χ0v) is 21.1. The van der Waals surface area contributed by atoms with E-state index in [0.717, 1.165) is 16.5 Å². The summed E-state index contributed by atoms with van der Waals surface area (Å²) in [5.41, 5.74) is 12.3. The van der Waals surface area contributed by atoms with Crippen LogP contribution < -0.4 is 26.4 Å². The van der Waals surface area contributed by atoms with Crippen molar-refractivity contribution in [1.82, 2.24) is 9.69 Å². The van der Waals surface area contributed by atoms with Crippen LogP contribution in [0.3, 0.4) is 0 Å². The van der Waals surface area contributed by atoms with Crippen LogP contribution in [0.5, 0.6) is 5.75 Å². The monoisotopic (exact) mass is 533 g/mol. The summed E-state index contributed by atoms with van der Waals surface area (Å²) in [5, 5.41) is 2.86. The van der Waals surface area contributed by atoms with Crippen molar-refractivity contribution in [3.05, 3.63) is 106 Å². The van der Waals surface area contributed by atoms with Crippen LogP contribution in [0.25, 0.3) is 0 Å². The molecule has 3 amide bonds. The SMILES string of the molecule is COc1ccc([C@@H](C(=O)NCc2ccccc2)N(C(=O)c2snc(C(N)=O)c2N)c2cccc(F)c2)cc1. The molecule has 0 fully saturated rings. The fraction of sp³-hybridized carbons (Fsp3) is 0.111. The first-order valence-electron chi connectivity index (χ1n) is 11.4. The third-order valence-electron chi connectivity index (χ3n) is 5.71. The number of nitrogens with two attached hydrogens (primary N) is 2. The van der Waals surface area contributed by atoms with E-state index < -0.39 is 29.6 Å². The van der Waals surface area contributed by atoms with E-state index in [-0.39, 0.29) is 28.5 Å². The Morgan fingerprint density at radius 1 is 1.05 bits per heavy atom. The molecule has 4 aromatic rings. The Morgan fingerprint density at radius 3 is 2.37 bits per heavy atom. The minimum Gasteiger partial charge on any atom is -0.497 e. The van der Waals surface area contributed by atoms with E-state index in [1.165, 1.54) is 25.3 Å². The van der Waals surface area contributed by atoms with E-state index in [1.807, 2.05) is 30.3 Å². The number of amides is 3. The number of ether oxygens (including phenoxy) is 1. The molecule has 0 bridgehead atoms. The van der Waals surface area contributed by atoms with Gasteiger partial charge < -0.3 is 21.5 Å². The molecule has 1 aromatic heterocycles. The highest BCUT2D eigenvalue weighted by Crippen LogP contribution is 2.34. The summed E-state index contributed by atoms with van der Waals surface area (Å²) < 4.78 is 23.5. The molecule has 0 saturated heterocycles. The number of nitrogen functional groups attached to an aromatic ring is 1. The minimum atomic E-state index is -1.25. The van der Waals surface area contributed by atoms with E-state index >= 15 is 0 Å². The summed E-state index contributed by atoms with van der Waals surface area (Å²) in [6, 6.07) is 19.8. The molecule has 0 radical (unpaired) electrons. The molecule has 3 aromatic carbocycles. The molecular weight excluding hydrogens is 509 g/mol. The van der Waals surface area contributed by atoms with Crippen LogP contribution in [-0.4, -0.2) is 29.2 Å². The van der Waals surface area contributed by atoms with E-state index in [4.69, 9.17) is 16.2 Å². The summed E-state index contributed by atoms with van der Waals surface area (Å²) >= 11 is 0.668. The zero-order chi connectivity index (χ0) is 27.2. The lowest BCUT2D eigenvalue weighted by Gasteiger charge is -2.31. The lowest BCUT2D eigenvalue weighted by atomic mass is 10.0. The Morgan fingerprint density at radius 2 is 1.76 bits per heavy atom. The Labute approximate surface area is 222 Å². The van der Waals surface area contributed by atoms with Crippen molar-refractivity contribution in [3.8, 4) is 5.75 Å². The van der Waals surface area contributed by atoms with E-state index in [0.29, 0.717) is 22.8 Å². The molecule has 0 aliphatic rings. The van der Waals surface area contributed by atoms with Crippen molar-refractivity contribution >= 4 is 40.6 Å². The minimum absolute atomic E-state index is 0.0964. The summed E-state index contributed by atoms with van der Waals surface area (Å²) in [4.78, 5) is 40.5. The molecule has 0 aliphatic carbocycles. The number of benzene rings is 3. The van der Waals surface area contributed by atoms with E-state index in [2.05, 4.69) is 9.69 Å². The lowest BCUT2D eigenvalue weighted by molar-refractivity contribution is -0.122. The Bertz CT molecular complexity index is 1460. The van der Waals surface area contributed by atoms with Crippen molar-refractivity contribution in [2.24, 2.45) is 5.73 Å². The molecule has 4 rings (SSSR count). The number of hydrogen-bond donors (Lipinski definition) is 3. The van der Waals surface area contributed by atoms with E-state index in [1.54, 1.807) is 24.3 Å². The molecule has 194 valence electrons. The molecular formula is C27H24FN5O4S. The van der Waals surface area contributed by atoms with Gasteiger partial charge in [0.05, 0.1) is 12.8 Å². The molecule has 0 saturated carbocycles. The first-order chi connectivity index (χ1) is 18.3. The molecule has 1 atom stereocenters. The number of halogens is 1. The second-order valence-corrected chi connectivity index (χ2v) is 8.95. The number of carbonyl (C=O) groups excluding carboxylic acids is 3. The van der Waals surface area contributed by atoms with Crippen LogP contribution >= 0.6 is 11.5 Å². The molecule has 1 heterocycles. The maximum absolute atomic E-state index is 14.4. The van der Waals surface area contributed by atoms with Crippen LogP contribution in [0.2, 0.25) is 0 Å². The topological polar surface area (TPSA) is 141 Å². The number of aromatic nitrogens is 1. The largest absolute Gasteiger partial charge is 0.497 e. The van der Waals surface area contributed by atoms with Crippen LogP contribution in [0.4, 0.5) is 15.8 Å². The van der Waals surface area contributed by atoms with Gasteiger partial charge in [0.1, 0.15) is 22.5 Å². The Hall–Kier alpha value is -4.77. The van der Waals surface area contributed by atoms with Crippen LogP contribution in [0, 0.1) is 5.82 Å². The predicted molar refractivity (Wildman–Crippen MR) is 142 cm³/mol. The van der Waals surface area contributed by atoms with Gasteiger partial charge in [0.2, 0.25) is 5.91 Å². The average Bonchev–Trinajstić information content (AvgIpc) is 3.32. The lowest BCUT2D eigenvalue weighted by Crippen LogP contribution is -2.44.